The summed E-state index contributed by atoms with van der Waals surface area (Å²) in [6.45, 7) is 0. The molecule has 0 unspecified atom stereocenters. The average Bonchev–Trinajstić information content (AvgIpc) is 3.74. The number of hydrogen-bond donors (Lipinski definition) is 0. The molecule has 0 bridgehead atoms. The highest BCUT2D eigenvalue weighted by molar-refractivity contribution is 6.26. The summed E-state index contributed by atoms with van der Waals surface area (Å²) in [5, 5.41) is 8.47. The molecule has 0 aliphatic rings. The van der Waals surface area contributed by atoms with Crippen molar-refractivity contribution >= 4 is 65.3 Å². The van der Waals surface area contributed by atoms with E-state index < -0.39 is 0 Å². The Bertz CT molecular complexity index is 3170. The molecule has 0 aliphatic carbocycles. The number of benzene rings is 8. The fourth-order valence-corrected chi connectivity index (χ4v) is 8.40. The molecule has 242 valence electrons. The normalized spacial score (nSPS) is 11.8. The molecule has 52 heavy (non-hydrogen) atoms. The smallest absolute Gasteiger partial charge is 0.0809 e. The molecule has 3 nitrogen and oxygen atoms in total. The summed E-state index contributed by atoms with van der Waals surface area (Å²) in [6.07, 6.45) is 0. The van der Waals surface area contributed by atoms with E-state index in [0.29, 0.717) is 0 Å². The van der Waals surface area contributed by atoms with Gasteiger partial charge in [0.2, 0.25) is 0 Å². The molecule has 3 aromatic heterocycles. The molecular formula is C49H31N3. The highest BCUT2D eigenvalue weighted by atomic mass is 15.0. The van der Waals surface area contributed by atoms with Crippen molar-refractivity contribution in [1.82, 2.24) is 14.1 Å². The maximum Gasteiger partial charge on any atom is 0.0809 e. The third-order valence-electron chi connectivity index (χ3n) is 10.7. The van der Waals surface area contributed by atoms with Gasteiger partial charge in [-0.05, 0) is 77.2 Å². The minimum atomic E-state index is 0.989. The van der Waals surface area contributed by atoms with Crippen molar-refractivity contribution < 1.29 is 0 Å². The molecule has 0 fully saturated rings. The molecule has 0 saturated carbocycles. The van der Waals surface area contributed by atoms with E-state index in [9.17, 15) is 0 Å². The molecule has 0 amide bonds. The third kappa shape index (κ3) is 4.23. The second kappa shape index (κ2) is 11.3. The maximum absolute atomic E-state index is 5.47. The van der Waals surface area contributed by atoms with E-state index >= 15 is 0 Å². The fraction of sp³-hybridized carbons (Fsp3) is 0. The lowest BCUT2D eigenvalue weighted by atomic mass is 9.95. The summed E-state index contributed by atoms with van der Waals surface area (Å²) < 4.78 is 4.79. The monoisotopic (exact) mass is 661 g/mol. The van der Waals surface area contributed by atoms with Gasteiger partial charge in [0, 0.05) is 49.3 Å². The molecule has 11 rings (SSSR count). The number of nitrogens with zero attached hydrogens (tertiary/aromatic N) is 3. The van der Waals surface area contributed by atoms with Crippen LogP contribution in [-0.4, -0.2) is 14.1 Å². The number of hydrogen-bond acceptors (Lipinski definition) is 1. The Morgan fingerprint density at radius 3 is 1.65 bits per heavy atom. The van der Waals surface area contributed by atoms with Crippen molar-refractivity contribution in [2.45, 2.75) is 0 Å². The van der Waals surface area contributed by atoms with Crippen molar-refractivity contribution in [1.29, 1.82) is 0 Å². The first-order valence-electron chi connectivity index (χ1n) is 17.8. The number of aromatic nitrogens is 3. The van der Waals surface area contributed by atoms with Crippen LogP contribution in [0.3, 0.4) is 0 Å². The van der Waals surface area contributed by atoms with Crippen molar-refractivity contribution in [3.05, 3.63) is 188 Å². The van der Waals surface area contributed by atoms with Crippen LogP contribution in [0, 0.1) is 0 Å². The van der Waals surface area contributed by atoms with Gasteiger partial charge in [-0.1, -0.05) is 127 Å². The van der Waals surface area contributed by atoms with Gasteiger partial charge in [-0.2, -0.15) is 0 Å². The first kappa shape index (κ1) is 28.8. The van der Waals surface area contributed by atoms with Gasteiger partial charge in [-0.3, -0.25) is 0 Å². The standard InChI is InChI=1S/C49H31N3/c1-3-16-35(17-4-1)51-44-24-11-9-22-39(44)42-31-33(26-29-46(42)51)32-14-13-15-34(30-32)48-47-40(37-20-7-10-23-43(37)50-48)27-28-41-38-21-8-12-25-45(38)52(49(41)47)36-18-5-2-6-19-36/h1-31H. The van der Waals surface area contributed by atoms with E-state index in [1.165, 1.54) is 54.6 Å². The lowest BCUT2D eigenvalue weighted by Gasteiger charge is -2.15. The summed E-state index contributed by atoms with van der Waals surface area (Å²) in [7, 11) is 0. The van der Waals surface area contributed by atoms with Gasteiger partial charge in [0.05, 0.1) is 33.3 Å². The Morgan fingerprint density at radius 2 is 0.885 bits per heavy atom. The van der Waals surface area contributed by atoms with E-state index in [1.54, 1.807) is 0 Å². The molecule has 0 atom stereocenters. The summed E-state index contributed by atoms with van der Waals surface area (Å²) in [6, 6.07) is 67.8. The van der Waals surface area contributed by atoms with Crippen LogP contribution in [0.25, 0.3) is 99.0 Å². The molecular weight excluding hydrogens is 631 g/mol. The van der Waals surface area contributed by atoms with Crippen LogP contribution in [0.4, 0.5) is 0 Å². The van der Waals surface area contributed by atoms with Crippen LogP contribution in [0.2, 0.25) is 0 Å². The Hall–Kier alpha value is -6.97. The number of pyridine rings is 1. The molecule has 3 heteroatoms. The van der Waals surface area contributed by atoms with Crippen LogP contribution >= 0.6 is 0 Å². The molecule has 11 aromatic rings. The number of para-hydroxylation sites is 5. The topological polar surface area (TPSA) is 22.8 Å². The maximum atomic E-state index is 5.47. The van der Waals surface area contributed by atoms with E-state index in [1.807, 2.05) is 0 Å². The summed E-state index contributed by atoms with van der Waals surface area (Å²) in [5.74, 6) is 0. The van der Waals surface area contributed by atoms with Gasteiger partial charge >= 0.3 is 0 Å². The Kier molecular flexibility index (Phi) is 6.25. The summed E-state index contributed by atoms with van der Waals surface area (Å²) in [4.78, 5) is 5.47. The van der Waals surface area contributed by atoms with Crippen LogP contribution in [-0.2, 0) is 0 Å². The second-order valence-electron chi connectivity index (χ2n) is 13.6. The van der Waals surface area contributed by atoms with Crippen molar-refractivity contribution in [2.75, 3.05) is 0 Å². The predicted molar refractivity (Wildman–Crippen MR) is 219 cm³/mol. The third-order valence-corrected chi connectivity index (χ3v) is 10.7. The molecule has 0 radical (unpaired) electrons. The van der Waals surface area contributed by atoms with Gasteiger partial charge in [0.1, 0.15) is 0 Å². The van der Waals surface area contributed by atoms with Crippen LogP contribution < -0.4 is 0 Å². The second-order valence-corrected chi connectivity index (χ2v) is 13.6. The summed E-state index contributed by atoms with van der Waals surface area (Å²) in [5.41, 5.74) is 12.5. The minimum absolute atomic E-state index is 0.989. The van der Waals surface area contributed by atoms with Crippen molar-refractivity contribution in [3.8, 4) is 33.8 Å². The van der Waals surface area contributed by atoms with Crippen LogP contribution in [0.5, 0.6) is 0 Å². The zero-order chi connectivity index (χ0) is 34.2. The number of fused-ring (bicyclic) bond motifs is 10. The highest BCUT2D eigenvalue weighted by Gasteiger charge is 2.21. The Balaban J connectivity index is 1.19. The van der Waals surface area contributed by atoms with Gasteiger partial charge in [-0.25, -0.2) is 4.98 Å². The molecule has 0 aliphatic heterocycles. The van der Waals surface area contributed by atoms with E-state index in [2.05, 4.69) is 197 Å². The number of rotatable bonds is 4. The average molecular weight is 662 g/mol. The first-order valence-corrected chi connectivity index (χ1v) is 17.8. The molecule has 0 saturated heterocycles. The zero-order valence-corrected chi connectivity index (χ0v) is 28.2. The van der Waals surface area contributed by atoms with E-state index in [-0.39, 0.29) is 0 Å². The van der Waals surface area contributed by atoms with Gasteiger partial charge in [0.15, 0.2) is 0 Å². The quantitative estimate of drug-likeness (QED) is 0.172. The van der Waals surface area contributed by atoms with Crippen LogP contribution in [0.15, 0.2) is 188 Å². The molecule has 0 spiro atoms. The highest BCUT2D eigenvalue weighted by Crippen LogP contribution is 2.43. The molecule has 0 N–H and O–H groups in total. The van der Waals surface area contributed by atoms with Gasteiger partial charge in [0.25, 0.3) is 0 Å². The van der Waals surface area contributed by atoms with E-state index in [0.717, 1.165) is 44.5 Å². The zero-order valence-electron chi connectivity index (χ0n) is 28.2. The first-order chi connectivity index (χ1) is 25.8. The van der Waals surface area contributed by atoms with Crippen molar-refractivity contribution in [2.24, 2.45) is 0 Å². The van der Waals surface area contributed by atoms with Crippen LogP contribution in [0.1, 0.15) is 0 Å². The van der Waals surface area contributed by atoms with Gasteiger partial charge in [-0.15, -0.1) is 0 Å². The largest absolute Gasteiger partial charge is 0.309 e. The Labute approximate surface area is 300 Å². The Morgan fingerprint density at radius 1 is 0.327 bits per heavy atom. The minimum Gasteiger partial charge on any atom is -0.309 e. The SMILES string of the molecule is c1ccc(-n2c3ccccc3c3cc(-c4cccc(-c5nc6ccccc6c6ccc7c8ccccc8n(-c8ccccc8)c7c56)c4)ccc32)cc1. The predicted octanol–water partition coefficient (Wildman–Crippen LogP) is 12.9. The fourth-order valence-electron chi connectivity index (χ4n) is 8.40. The lowest BCUT2D eigenvalue weighted by Crippen LogP contribution is -1.97. The van der Waals surface area contributed by atoms with Gasteiger partial charge < -0.3 is 9.13 Å². The lowest BCUT2D eigenvalue weighted by molar-refractivity contribution is 1.18. The van der Waals surface area contributed by atoms with Crippen molar-refractivity contribution in [3.63, 3.8) is 0 Å². The molecule has 3 heterocycles. The molecule has 8 aromatic carbocycles. The van der Waals surface area contributed by atoms with E-state index in [4.69, 9.17) is 4.98 Å². The summed E-state index contributed by atoms with van der Waals surface area (Å²) >= 11 is 0.